The fourth-order valence-electron chi connectivity index (χ4n) is 2.66. The highest BCUT2D eigenvalue weighted by Gasteiger charge is 2.50. The molecule has 2 rings (SSSR count). The number of rotatable bonds is 3. The second-order valence-electron chi connectivity index (χ2n) is 4.86. The van der Waals surface area contributed by atoms with Crippen LogP contribution in [0, 0.1) is 11.3 Å². The van der Waals surface area contributed by atoms with Gasteiger partial charge in [-0.05, 0) is 31.6 Å². The summed E-state index contributed by atoms with van der Waals surface area (Å²) < 4.78 is 0. The predicted octanol–water partition coefficient (Wildman–Crippen LogP) is 1.70. The molecular weight excluding hydrogens is 164 g/mol. The summed E-state index contributed by atoms with van der Waals surface area (Å²) in [6.07, 6.45) is 8.04. The third-order valence-corrected chi connectivity index (χ3v) is 3.93. The van der Waals surface area contributed by atoms with Crippen LogP contribution in [0.1, 0.15) is 44.9 Å². The first-order chi connectivity index (χ1) is 6.28. The lowest BCUT2D eigenvalue weighted by Crippen LogP contribution is -2.34. The molecule has 0 heterocycles. The second kappa shape index (κ2) is 3.58. The Morgan fingerprint density at radius 2 is 1.77 bits per heavy atom. The van der Waals surface area contributed by atoms with Gasteiger partial charge in [0.25, 0.3) is 0 Å². The van der Waals surface area contributed by atoms with Gasteiger partial charge in [0.1, 0.15) is 0 Å². The summed E-state index contributed by atoms with van der Waals surface area (Å²) in [5.41, 5.74) is -0.0813. The van der Waals surface area contributed by atoms with Crippen molar-refractivity contribution in [2.75, 3.05) is 6.61 Å². The van der Waals surface area contributed by atoms with Crippen molar-refractivity contribution in [1.29, 1.82) is 0 Å². The Balaban J connectivity index is 1.91. The highest BCUT2D eigenvalue weighted by atomic mass is 16.3. The van der Waals surface area contributed by atoms with Gasteiger partial charge in [0.15, 0.2) is 0 Å². The molecule has 0 aromatic rings. The molecule has 2 nitrogen and oxygen atoms in total. The van der Waals surface area contributed by atoms with E-state index in [2.05, 4.69) is 0 Å². The van der Waals surface area contributed by atoms with Gasteiger partial charge in [-0.3, -0.25) is 0 Å². The van der Waals surface area contributed by atoms with Crippen LogP contribution in [0.25, 0.3) is 0 Å². The zero-order valence-electron chi connectivity index (χ0n) is 8.21. The summed E-state index contributed by atoms with van der Waals surface area (Å²) >= 11 is 0. The molecule has 0 aliphatic heterocycles. The van der Waals surface area contributed by atoms with Gasteiger partial charge >= 0.3 is 0 Å². The van der Waals surface area contributed by atoms with Crippen molar-refractivity contribution in [2.45, 2.75) is 51.0 Å². The predicted molar refractivity (Wildman–Crippen MR) is 51.3 cm³/mol. The third-order valence-electron chi connectivity index (χ3n) is 3.93. The van der Waals surface area contributed by atoms with Crippen molar-refractivity contribution in [1.82, 2.24) is 0 Å². The van der Waals surface area contributed by atoms with Crippen LogP contribution >= 0.6 is 0 Å². The minimum Gasteiger partial charge on any atom is -0.396 e. The first-order valence-electron chi connectivity index (χ1n) is 5.57. The Hall–Kier alpha value is -0.0800. The molecule has 2 fully saturated rings. The zero-order valence-corrected chi connectivity index (χ0v) is 8.21. The van der Waals surface area contributed by atoms with E-state index in [4.69, 9.17) is 0 Å². The fraction of sp³-hybridized carbons (Fsp3) is 1.00. The van der Waals surface area contributed by atoms with Gasteiger partial charge in [-0.15, -0.1) is 0 Å². The highest BCUT2D eigenvalue weighted by Crippen LogP contribution is 2.52. The van der Waals surface area contributed by atoms with E-state index in [1.54, 1.807) is 0 Å². The molecule has 1 atom stereocenters. The van der Waals surface area contributed by atoms with E-state index >= 15 is 0 Å². The Morgan fingerprint density at radius 1 is 1.15 bits per heavy atom. The third kappa shape index (κ3) is 1.75. The Morgan fingerprint density at radius 3 is 2.23 bits per heavy atom. The topological polar surface area (TPSA) is 40.5 Å². The van der Waals surface area contributed by atoms with Crippen molar-refractivity contribution < 1.29 is 10.2 Å². The largest absolute Gasteiger partial charge is 0.396 e. The maximum Gasteiger partial charge on any atom is 0.0646 e. The number of hydrogen-bond acceptors (Lipinski definition) is 2. The summed E-state index contributed by atoms with van der Waals surface area (Å²) in [6, 6.07) is 0. The molecule has 2 N–H and O–H groups in total. The van der Waals surface area contributed by atoms with Crippen LogP contribution in [0.5, 0.6) is 0 Å². The molecule has 0 radical (unpaired) electrons. The van der Waals surface area contributed by atoms with E-state index in [0.717, 1.165) is 12.8 Å². The molecule has 0 saturated heterocycles. The number of aliphatic hydroxyl groups is 2. The average molecular weight is 184 g/mol. The molecule has 2 aliphatic rings. The minimum absolute atomic E-state index is 0.0813. The normalized spacial score (nSPS) is 30.0. The SMILES string of the molecule is OCC1([C@@H](O)C2CCCCC2)CC1. The quantitative estimate of drug-likeness (QED) is 0.701. The molecule has 0 aromatic carbocycles. The van der Waals surface area contributed by atoms with Crippen molar-refractivity contribution in [3.8, 4) is 0 Å². The molecule has 0 unspecified atom stereocenters. The van der Waals surface area contributed by atoms with E-state index in [0.29, 0.717) is 5.92 Å². The summed E-state index contributed by atoms with van der Waals surface area (Å²) in [7, 11) is 0. The first kappa shape index (κ1) is 9.47. The Bertz CT molecular complexity index is 169. The molecule has 0 spiro atoms. The summed E-state index contributed by atoms with van der Waals surface area (Å²) in [5.74, 6) is 0.475. The first-order valence-corrected chi connectivity index (χ1v) is 5.57. The van der Waals surface area contributed by atoms with Crippen LogP contribution in [-0.4, -0.2) is 22.9 Å². The van der Waals surface area contributed by atoms with E-state index in [1.807, 2.05) is 0 Å². The minimum atomic E-state index is -0.224. The lowest BCUT2D eigenvalue weighted by Gasteiger charge is -2.31. The van der Waals surface area contributed by atoms with Crippen molar-refractivity contribution in [3.05, 3.63) is 0 Å². The molecule has 2 heteroatoms. The van der Waals surface area contributed by atoms with Crippen LogP contribution < -0.4 is 0 Å². The zero-order chi connectivity index (χ0) is 9.31. The molecule has 0 aromatic heterocycles. The van der Waals surface area contributed by atoms with E-state index < -0.39 is 0 Å². The van der Waals surface area contributed by atoms with Crippen LogP contribution in [0.4, 0.5) is 0 Å². The van der Waals surface area contributed by atoms with Gasteiger partial charge in [0, 0.05) is 5.41 Å². The fourth-order valence-corrected chi connectivity index (χ4v) is 2.66. The molecule has 0 bridgehead atoms. The summed E-state index contributed by atoms with van der Waals surface area (Å²) in [6.45, 7) is 0.185. The number of aliphatic hydroxyl groups excluding tert-OH is 2. The van der Waals surface area contributed by atoms with Gasteiger partial charge < -0.3 is 10.2 Å². The van der Waals surface area contributed by atoms with E-state index in [1.165, 1.54) is 32.1 Å². The van der Waals surface area contributed by atoms with Crippen LogP contribution in [0.15, 0.2) is 0 Å². The van der Waals surface area contributed by atoms with Crippen molar-refractivity contribution in [3.63, 3.8) is 0 Å². The van der Waals surface area contributed by atoms with Crippen LogP contribution in [0.2, 0.25) is 0 Å². The van der Waals surface area contributed by atoms with Crippen LogP contribution in [0.3, 0.4) is 0 Å². The molecule has 13 heavy (non-hydrogen) atoms. The Kier molecular flexibility index (Phi) is 2.61. The van der Waals surface area contributed by atoms with Crippen LogP contribution in [-0.2, 0) is 0 Å². The second-order valence-corrected chi connectivity index (χ2v) is 4.86. The van der Waals surface area contributed by atoms with Crippen molar-refractivity contribution in [2.24, 2.45) is 11.3 Å². The molecule has 76 valence electrons. The summed E-state index contributed by atoms with van der Waals surface area (Å²) in [4.78, 5) is 0. The van der Waals surface area contributed by atoms with Gasteiger partial charge in [-0.1, -0.05) is 19.3 Å². The van der Waals surface area contributed by atoms with Gasteiger partial charge in [0.05, 0.1) is 12.7 Å². The maximum atomic E-state index is 10.1. The van der Waals surface area contributed by atoms with Crippen molar-refractivity contribution >= 4 is 0 Å². The van der Waals surface area contributed by atoms with Gasteiger partial charge in [0.2, 0.25) is 0 Å². The van der Waals surface area contributed by atoms with Gasteiger partial charge in [-0.2, -0.15) is 0 Å². The smallest absolute Gasteiger partial charge is 0.0646 e. The van der Waals surface area contributed by atoms with E-state index in [9.17, 15) is 10.2 Å². The molecule has 2 saturated carbocycles. The average Bonchev–Trinajstić information content (AvgIpc) is 2.99. The Labute approximate surface area is 80.0 Å². The molecule has 2 aliphatic carbocycles. The van der Waals surface area contributed by atoms with Gasteiger partial charge in [-0.25, -0.2) is 0 Å². The monoisotopic (exact) mass is 184 g/mol. The molecular formula is C11H20O2. The highest BCUT2D eigenvalue weighted by molar-refractivity contribution is 5.00. The standard InChI is InChI=1S/C11H20O2/c12-8-11(6-7-11)10(13)9-4-2-1-3-5-9/h9-10,12-13H,1-8H2/t10-/m0/s1. The maximum absolute atomic E-state index is 10.1. The lowest BCUT2D eigenvalue weighted by molar-refractivity contribution is -0.00460. The summed E-state index contributed by atoms with van der Waals surface area (Å²) in [5, 5.41) is 19.3. The molecule has 0 amide bonds. The lowest BCUT2D eigenvalue weighted by atomic mass is 9.79. The van der Waals surface area contributed by atoms with E-state index in [-0.39, 0.29) is 18.1 Å². The number of hydrogen-bond donors (Lipinski definition) is 2.